The van der Waals surface area contributed by atoms with E-state index < -0.39 is 41.2 Å². The zero-order chi connectivity index (χ0) is 31.0. The summed E-state index contributed by atoms with van der Waals surface area (Å²) < 4.78 is 12.0. The van der Waals surface area contributed by atoms with Crippen LogP contribution < -0.4 is 19.7 Å². The van der Waals surface area contributed by atoms with Crippen molar-refractivity contribution in [2.75, 3.05) is 12.0 Å². The van der Waals surface area contributed by atoms with E-state index in [-0.39, 0.29) is 18.9 Å². The van der Waals surface area contributed by atoms with E-state index in [0.717, 1.165) is 48.1 Å². The van der Waals surface area contributed by atoms with Gasteiger partial charge in [0.1, 0.15) is 12.1 Å². The number of aryl methyl sites for hydroxylation is 1. The monoisotopic (exact) mass is 616 g/mol. The van der Waals surface area contributed by atoms with Gasteiger partial charge in [0.2, 0.25) is 11.8 Å². The van der Waals surface area contributed by atoms with Gasteiger partial charge in [-0.2, -0.15) is 0 Å². The molecule has 44 heavy (non-hydrogen) atoms. The highest BCUT2D eigenvalue weighted by Gasteiger charge is 2.69. The highest BCUT2D eigenvalue weighted by molar-refractivity contribution is 6.32. The molecule has 4 unspecified atom stereocenters. The van der Waals surface area contributed by atoms with Crippen LogP contribution in [-0.4, -0.2) is 35.5 Å². The first kappa shape index (κ1) is 30.2. The lowest BCUT2D eigenvalue weighted by Gasteiger charge is -2.35. The van der Waals surface area contributed by atoms with E-state index in [9.17, 15) is 19.5 Å². The summed E-state index contributed by atoms with van der Waals surface area (Å²) >= 11 is 6.42. The van der Waals surface area contributed by atoms with Gasteiger partial charge in [0.05, 0.1) is 24.6 Å². The lowest BCUT2D eigenvalue weighted by Crippen LogP contribution is -2.57. The smallest absolute Gasteiger partial charge is 0.324 e. The summed E-state index contributed by atoms with van der Waals surface area (Å²) in [4.78, 5) is 43.3. The maximum Gasteiger partial charge on any atom is 0.324 e. The molecule has 1 aliphatic carbocycles. The van der Waals surface area contributed by atoms with Crippen LogP contribution in [0.15, 0.2) is 66.7 Å². The Morgan fingerprint density at radius 2 is 1.77 bits per heavy atom. The molecule has 8 nitrogen and oxygen atoms in total. The maximum atomic E-state index is 14.4. The minimum Gasteiger partial charge on any atom is -0.493 e. The van der Waals surface area contributed by atoms with Crippen molar-refractivity contribution >= 4 is 35.1 Å². The number of halogens is 1. The molecule has 2 saturated heterocycles. The molecule has 0 spiro atoms. The number of hydrogen-bond donors (Lipinski definition) is 2. The Balaban J connectivity index is 1.47. The quantitative estimate of drug-likeness (QED) is 0.265. The van der Waals surface area contributed by atoms with Crippen molar-refractivity contribution in [2.45, 2.75) is 63.6 Å². The van der Waals surface area contributed by atoms with Gasteiger partial charge >= 0.3 is 5.97 Å². The average Bonchev–Trinajstić information content (AvgIpc) is 3.51. The molecular weight excluding hydrogens is 580 g/mol. The first-order chi connectivity index (χ1) is 21.2. The molecule has 2 heterocycles. The number of nitrogens with zero attached hydrogens (tertiary/aromatic N) is 1. The van der Waals surface area contributed by atoms with Gasteiger partial charge in [0.25, 0.3) is 0 Å². The average molecular weight is 617 g/mol. The lowest BCUT2D eigenvalue weighted by molar-refractivity contribution is -0.150. The van der Waals surface area contributed by atoms with E-state index in [2.05, 4.69) is 5.32 Å². The number of rotatable bonds is 9. The van der Waals surface area contributed by atoms with Crippen LogP contribution in [-0.2, 0) is 21.0 Å². The second-order valence-electron chi connectivity index (χ2n) is 12.2. The fraction of sp³-hybridized carbons (Fsp3) is 0.400. The zero-order valence-corrected chi connectivity index (χ0v) is 25.7. The third-order valence-corrected chi connectivity index (χ3v) is 9.98. The molecule has 3 aromatic rings. The number of hydrogen-bond acceptors (Lipinski definition) is 6. The van der Waals surface area contributed by atoms with Crippen LogP contribution in [0.2, 0.25) is 5.02 Å². The van der Waals surface area contributed by atoms with Crippen molar-refractivity contribution in [3.63, 3.8) is 0 Å². The number of fused-ring (bicyclic) bond motifs is 1. The van der Waals surface area contributed by atoms with Crippen LogP contribution in [0.1, 0.15) is 61.3 Å². The summed E-state index contributed by atoms with van der Waals surface area (Å²) in [6, 6.07) is 19.3. The first-order valence-corrected chi connectivity index (χ1v) is 15.6. The van der Waals surface area contributed by atoms with Crippen molar-refractivity contribution in [3.05, 3.63) is 88.4 Å². The fourth-order valence-electron chi connectivity index (χ4n) is 7.39. The Labute approximate surface area is 262 Å². The Kier molecular flexibility index (Phi) is 8.40. The van der Waals surface area contributed by atoms with Crippen molar-refractivity contribution in [1.82, 2.24) is 5.32 Å². The number of carbonyl (C=O) groups is 3. The Hall–Kier alpha value is -3.88. The van der Waals surface area contributed by atoms with Crippen LogP contribution in [0.3, 0.4) is 0 Å². The van der Waals surface area contributed by atoms with E-state index in [4.69, 9.17) is 21.1 Å². The number of carboxylic acid groups (broad SMARTS) is 1. The summed E-state index contributed by atoms with van der Waals surface area (Å²) in [5.74, 6) is -3.22. The number of para-hydroxylation sites is 1. The summed E-state index contributed by atoms with van der Waals surface area (Å²) in [6.45, 7) is 2.08. The Bertz CT molecular complexity index is 1570. The minimum atomic E-state index is -1.65. The van der Waals surface area contributed by atoms with Gasteiger partial charge < -0.3 is 14.6 Å². The third-order valence-electron chi connectivity index (χ3n) is 9.58. The molecule has 3 aromatic carbocycles. The van der Waals surface area contributed by atoms with Crippen molar-refractivity contribution in [1.29, 1.82) is 0 Å². The molecular formula is C35H37ClN2O6. The predicted octanol–water partition coefficient (Wildman–Crippen LogP) is 6.48. The van der Waals surface area contributed by atoms with E-state index in [1.807, 2.05) is 43.3 Å². The zero-order valence-electron chi connectivity index (χ0n) is 24.9. The standard InChI is InChI=1S/C35H37ClN2O6/c1-21-16-17-24(18-26(21)36)38-32(39)28-29(33(38)40)35(34(41)42,19-22-10-5-3-6-11-22)37-30(28)25-14-9-15-27(43-2)31(25)44-20-23-12-7-4-8-13-23/h4,7-9,12-18,22,28-30,37H,3,5-6,10-11,19-20H2,1-2H3,(H,41,42). The van der Waals surface area contributed by atoms with E-state index in [0.29, 0.717) is 27.8 Å². The highest BCUT2D eigenvalue weighted by atomic mass is 35.5. The number of methoxy groups -OCH3 is 1. The number of anilines is 1. The minimum absolute atomic E-state index is 0.122. The van der Waals surface area contributed by atoms with E-state index in [1.54, 1.807) is 30.3 Å². The largest absolute Gasteiger partial charge is 0.493 e. The second-order valence-corrected chi connectivity index (χ2v) is 12.6. The molecule has 4 atom stereocenters. The number of carboxylic acids is 1. The number of amides is 2. The molecule has 0 radical (unpaired) electrons. The van der Waals surface area contributed by atoms with Gasteiger partial charge in [-0.15, -0.1) is 0 Å². The third kappa shape index (κ3) is 5.24. The molecule has 3 fully saturated rings. The van der Waals surface area contributed by atoms with E-state index >= 15 is 0 Å². The van der Waals surface area contributed by atoms with Gasteiger partial charge in [-0.25, -0.2) is 4.90 Å². The van der Waals surface area contributed by atoms with Crippen LogP contribution in [0, 0.1) is 24.7 Å². The van der Waals surface area contributed by atoms with Crippen LogP contribution >= 0.6 is 11.6 Å². The molecule has 2 aliphatic heterocycles. The van der Waals surface area contributed by atoms with Crippen LogP contribution in [0.5, 0.6) is 11.5 Å². The molecule has 2 N–H and O–H groups in total. The summed E-state index contributed by atoms with van der Waals surface area (Å²) in [7, 11) is 1.54. The number of aliphatic carboxylic acids is 1. The molecule has 230 valence electrons. The molecule has 0 aromatic heterocycles. The summed E-state index contributed by atoms with van der Waals surface area (Å²) in [5, 5.41) is 14.8. The molecule has 6 rings (SSSR count). The van der Waals surface area contributed by atoms with Gasteiger partial charge in [-0.1, -0.05) is 92.2 Å². The number of nitrogens with one attached hydrogen (secondary N) is 1. The molecule has 0 bridgehead atoms. The fourth-order valence-corrected chi connectivity index (χ4v) is 7.56. The van der Waals surface area contributed by atoms with Crippen molar-refractivity contribution in [2.24, 2.45) is 17.8 Å². The number of benzene rings is 3. The maximum absolute atomic E-state index is 14.4. The van der Waals surface area contributed by atoms with Gasteiger partial charge in [-0.05, 0) is 48.6 Å². The Morgan fingerprint density at radius 1 is 1.02 bits per heavy atom. The Morgan fingerprint density at radius 3 is 2.45 bits per heavy atom. The second kappa shape index (κ2) is 12.3. The topological polar surface area (TPSA) is 105 Å². The summed E-state index contributed by atoms with van der Waals surface area (Å²) in [6.07, 6.45) is 5.19. The number of imide groups is 1. The first-order valence-electron chi connectivity index (χ1n) is 15.2. The van der Waals surface area contributed by atoms with E-state index in [1.165, 1.54) is 7.11 Å². The van der Waals surface area contributed by atoms with Crippen molar-refractivity contribution in [3.8, 4) is 11.5 Å². The SMILES string of the molecule is COc1cccc(C2NC(CC3CCCCC3)(C(=O)O)C3C(=O)N(c4ccc(C)c(Cl)c4)C(=O)C23)c1OCc1ccccc1. The van der Waals surface area contributed by atoms with Crippen molar-refractivity contribution < 1.29 is 29.0 Å². The van der Waals surface area contributed by atoms with Gasteiger partial charge in [0.15, 0.2) is 11.5 Å². The van der Waals surface area contributed by atoms with Gasteiger partial charge in [-0.3, -0.25) is 19.7 Å². The normalized spacial score (nSPS) is 25.2. The predicted molar refractivity (Wildman–Crippen MR) is 167 cm³/mol. The van der Waals surface area contributed by atoms with Crippen LogP contribution in [0.25, 0.3) is 0 Å². The molecule has 2 amide bonds. The highest BCUT2D eigenvalue weighted by Crippen LogP contribution is 2.54. The summed E-state index contributed by atoms with van der Waals surface area (Å²) in [5.41, 5.74) is 1.02. The lowest BCUT2D eigenvalue weighted by atomic mass is 9.72. The number of ether oxygens (including phenoxy) is 2. The van der Waals surface area contributed by atoms with Gasteiger partial charge in [0, 0.05) is 16.6 Å². The molecule has 9 heteroatoms. The molecule has 3 aliphatic rings. The van der Waals surface area contributed by atoms with Crippen LogP contribution in [0.4, 0.5) is 5.69 Å². The number of carbonyl (C=O) groups excluding carboxylic acids is 2. The molecule has 1 saturated carbocycles.